The molecule has 2 heterocycles. The maximum Gasteiger partial charge on any atom is 0.263 e. The van der Waals surface area contributed by atoms with E-state index in [2.05, 4.69) is 96.4 Å². The number of thiophene rings is 2. The second-order valence-corrected chi connectivity index (χ2v) is 10.1. The minimum Gasteiger partial charge on any atom is -0.310 e. The van der Waals surface area contributed by atoms with E-state index in [1.807, 2.05) is 6.07 Å². The summed E-state index contributed by atoms with van der Waals surface area (Å²) in [5, 5.41) is 10.3. The molecule has 0 unspecified atom stereocenters. The zero-order chi connectivity index (χ0) is 22.9. The Bertz CT molecular complexity index is 1530. The predicted molar refractivity (Wildman–Crippen MR) is 142 cm³/mol. The molecule has 0 fully saturated rings. The lowest BCUT2D eigenvalue weighted by molar-refractivity contribution is 1.27. The molecular formula is C28H19N3S2. The summed E-state index contributed by atoms with van der Waals surface area (Å²) in [7, 11) is 0. The van der Waals surface area contributed by atoms with Crippen LogP contribution in [-0.2, 0) is 0 Å². The summed E-state index contributed by atoms with van der Waals surface area (Å²) >= 11 is 3.37. The minimum atomic E-state index is 0.113. The number of aryl methyl sites for hydroxylation is 2. The highest BCUT2D eigenvalue weighted by molar-refractivity contribution is 7.33. The van der Waals surface area contributed by atoms with Crippen molar-refractivity contribution < 1.29 is 0 Å². The fourth-order valence-corrected chi connectivity index (χ4v) is 6.33. The summed E-state index contributed by atoms with van der Waals surface area (Å²) in [5.74, 6) is 0. The third kappa shape index (κ3) is 4.01. The van der Waals surface area contributed by atoms with Gasteiger partial charge in [-0.3, -0.25) is 0 Å². The predicted octanol–water partition coefficient (Wildman–Crippen LogP) is 8.99. The zero-order valence-electron chi connectivity index (χ0n) is 18.2. The molecule has 5 rings (SSSR count). The lowest BCUT2D eigenvalue weighted by Crippen LogP contribution is -2.09. The molecule has 158 valence electrons. The number of nitriles is 1. The number of allylic oxidation sites excluding steroid dienone is 1. The molecule has 0 amide bonds. The summed E-state index contributed by atoms with van der Waals surface area (Å²) in [6, 6.07) is 27.8. The molecule has 0 saturated heterocycles. The highest BCUT2D eigenvalue weighted by atomic mass is 32.1. The van der Waals surface area contributed by atoms with Gasteiger partial charge in [0.15, 0.2) is 0 Å². The first kappa shape index (κ1) is 21.0. The van der Waals surface area contributed by atoms with Gasteiger partial charge < -0.3 is 4.90 Å². The van der Waals surface area contributed by atoms with Crippen molar-refractivity contribution in [3.63, 3.8) is 0 Å². The lowest BCUT2D eigenvalue weighted by atomic mass is 10.1. The zero-order valence-corrected chi connectivity index (χ0v) is 19.8. The van der Waals surface area contributed by atoms with E-state index in [0.29, 0.717) is 0 Å². The molecule has 0 saturated carbocycles. The first-order valence-corrected chi connectivity index (χ1v) is 12.1. The Labute approximate surface area is 200 Å². The van der Waals surface area contributed by atoms with Crippen LogP contribution in [-0.4, -0.2) is 0 Å². The van der Waals surface area contributed by atoms with Gasteiger partial charge in [-0.05, 0) is 62.4 Å². The molecule has 0 radical (unpaired) electrons. The third-order valence-corrected chi connectivity index (χ3v) is 7.85. The van der Waals surface area contributed by atoms with Crippen LogP contribution in [0, 0.1) is 31.8 Å². The first-order valence-electron chi connectivity index (χ1n) is 10.4. The highest BCUT2D eigenvalue weighted by Crippen LogP contribution is 2.43. The second kappa shape index (κ2) is 8.56. The molecule has 0 aliphatic carbocycles. The van der Waals surface area contributed by atoms with Gasteiger partial charge in [-0.2, -0.15) is 0 Å². The van der Waals surface area contributed by atoms with E-state index in [-0.39, 0.29) is 5.70 Å². The van der Waals surface area contributed by atoms with Crippen molar-refractivity contribution in [3.8, 4) is 6.07 Å². The quantitative estimate of drug-likeness (QED) is 0.197. The Morgan fingerprint density at radius 1 is 0.848 bits per heavy atom. The molecule has 33 heavy (non-hydrogen) atoms. The molecule has 0 bridgehead atoms. The van der Waals surface area contributed by atoms with Crippen LogP contribution in [0.2, 0.25) is 0 Å². The maximum atomic E-state index is 9.06. The molecule has 0 aliphatic rings. The minimum absolute atomic E-state index is 0.113. The van der Waals surface area contributed by atoms with Gasteiger partial charge in [0.05, 0.1) is 17.3 Å². The number of rotatable bonds is 4. The first-order chi connectivity index (χ1) is 16.1. The largest absolute Gasteiger partial charge is 0.310 e. The molecule has 5 aromatic rings. The fourth-order valence-electron chi connectivity index (χ4n) is 3.83. The topological polar surface area (TPSA) is 31.4 Å². The number of nitrogens with zero attached hydrogens (tertiary/aromatic N) is 3. The fraction of sp³-hybridized carbons (Fsp3) is 0.0714. The average Bonchev–Trinajstić information content (AvgIpc) is 3.37. The van der Waals surface area contributed by atoms with E-state index < -0.39 is 0 Å². The summed E-state index contributed by atoms with van der Waals surface area (Å²) in [4.78, 5) is 6.50. The van der Waals surface area contributed by atoms with Crippen LogP contribution in [0.15, 0.2) is 78.5 Å². The number of fused-ring (bicyclic) bond motifs is 3. The number of hydrogen-bond donors (Lipinski definition) is 0. The molecule has 0 aliphatic heterocycles. The van der Waals surface area contributed by atoms with E-state index in [9.17, 15) is 0 Å². The Kier molecular flexibility index (Phi) is 5.44. The van der Waals surface area contributed by atoms with E-state index in [4.69, 9.17) is 11.8 Å². The highest BCUT2D eigenvalue weighted by Gasteiger charge is 2.15. The van der Waals surface area contributed by atoms with Gasteiger partial charge in [0.2, 0.25) is 0 Å². The molecule has 3 nitrogen and oxygen atoms in total. The molecule has 0 N–H and O–H groups in total. The Morgan fingerprint density at radius 2 is 1.45 bits per heavy atom. The van der Waals surface area contributed by atoms with Crippen molar-refractivity contribution in [2.45, 2.75) is 13.8 Å². The Hall–Kier alpha value is -3.90. The lowest BCUT2D eigenvalue weighted by Gasteiger charge is -2.25. The number of benzene rings is 3. The van der Waals surface area contributed by atoms with Crippen molar-refractivity contribution in [2.75, 3.05) is 4.90 Å². The Morgan fingerprint density at radius 3 is 2.03 bits per heavy atom. The van der Waals surface area contributed by atoms with Gasteiger partial charge in [-0.15, -0.1) is 22.7 Å². The van der Waals surface area contributed by atoms with Gasteiger partial charge >= 0.3 is 0 Å². The molecule has 3 aromatic carbocycles. The summed E-state index contributed by atoms with van der Waals surface area (Å²) in [6.45, 7) is 11.3. The monoisotopic (exact) mass is 461 g/mol. The van der Waals surface area contributed by atoms with Crippen molar-refractivity contribution in [3.05, 3.63) is 106 Å². The van der Waals surface area contributed by atoms with Crippen LogP contribution in [0.25, 0.3) is 30.4 Å². The smallest absolute Gasteiger partial charge is 0.263 e. The van der Waals surface area contributed by atoms with E-state index in [1.165, 1.54) is 30.6 Å². The summed E-state index contributed by atoms with van der Waals surface area (Å²) in [6.07, 6.45) is 1.67. The van der Waals surface area contributed by atoms with Crippen molar-refractivity contribution in [2.24, 2.45) is 0 Å². The van der Waals surface area contributed by atoms with Gasteiger partial charge in [0, 0.05) is 36.7 Å². The van der Waals surface area contributed by atoms with E-state index in [1.54, 1.807) is 28.7 Å². The van der Waals surface area contributed by atoms with Crippen molar-refractivity contribution in [1.29, 1.82) is 5.26 Å². The molecule has 0 spiro atoms. The number of anilines is 3. The van der Waals surface area contributed by atoms with E-state index >= 15 is 0 Å². The van der Waals surface area contributed by atoms with Crippen LogP contribution in [0.4, 0.5) is 17.1 Å². The van der Waals surface area contributed by atoms with Gasteiger partial charge in [-0.1, -0.05) is 41.5 Å². The third-order valence-electron chi connectivity index (χ3n) is 5.50. The molecule has 0 atom stereocenters. The van der Waals surface area contributed by atoms with Crippen LogP contribution in [0.1, 0.15) is 16.0 Å². The second-order valence-electron chi connectivity index (χ2n) is 7.88. The Balaban J connectivity index is 1.62. The molecule has 2 aromatic heterocycles. The van der Waals surface area contributed by atoms with Crippen molar-refractivity contribution >= 4 is 65.3 Å². The summed E-state index contributed by atoms with van der Waals surface area (Å²) in [5.41, 5.74) is 5.94. The van der Waals surface area contributed by atoms with E-state index in [0.717, 1.165) is 21.9 Å². The van der Waals surface area contributed by atoms with Crippen LogP contribution < -0.4 is 4.90 Å². The normalized spacial score (nSPS) is 11.5. The van der Waals surface area contributed by atoms with Gasteiger partial charge in [0.25, 0.3) is 5.70 Å². The van der Waals surface area contributed by atoms with Crippen LogP contribution in [0.3, 0.4) is 0 Å². The van der Waals surface area contributed by atoms with Gasteiger partial charge in [0.1, 0.15) is 0 Å². The standard InChI is InChI=1S/C28H19N3S2/c1-18-4-8-21(9-5-18)31(22-10-6-19(2)7-11-22)23-12-13-25-26(15-23)33-27-16-24(32-28(25)27)14-20(17-29)30-3/h4-16H,1-2H3/b20-14-. The maximum absolute atomic E-state index is 9.06. The average molecular weight is 462 g/mol. The molecular weight excluding hydrogens is 442 g/mol. The molecule has 5 heteroatoms. The van der Waals surface area contributed by atoms with Crippen molar-refractivity contribution in [1.82, 2.24) is 0 Å². The number of hydrogen-bond acceptors (Lipinski definition) is 4. The van der Waals surface area contributed by atoms with Gasteiger partial charge in [-0.25, -0.2) is 10.1 Å². The van der Waals surface area contributed by atoms with Crippen LogP contribution >= 0.6 is 22.7 Å². The SMILES string of the molecule is [C-]#[N+]/C(C#N)=C\c1cc2sc3cc(N(c4ccc(C)cc4)c4ccc(C)cc4)ccc3c2s1. The summed E-state index contributed by atoms with van der Waals surface area (Å²) < 4.78 is 3.60. The van der Waals surface area contributed by atoms with Crippen LogP contribution in [0.5, 0.6) is 0 Å².